The average molecular weight is 564 g/mol. The molecule has 0 saturated heterocycles. The van der Waals surface area contributed by atoms with Crippen LogP contribution in [-0.2, 0) is 32.6 Å². The fraction of sp³-hybridized carbons (Fsp3) is 0.375. The first-order valence-electron chi connectivity index (χ1n) is 13.4. The Balaban J connectivity index is 2.09. The molecule has 2 amide bonds. The molecule has 1 N–H and O–H groups in total. The third kappa shape index (κ3) is 8.68. The van der Waals surface area contributed by atoms with Crippen LogP contribution in [0.5, 0.6) is 0 Å². The van der Waals surface area contributed by atoms with Crippen LogP contribution in [0.25, 0.3) is 0 Å². The molecule has 0 unspecified atom stereocenters. The quantitative estimate of drug-likeness (QED) is 0.379. The molecular formula is C32H41N3O4S. The van der Waals surface area contributed by atoms with Gasteiger partial charge >= 0.3 is 0 Å². The normalized spacial score (nSPS) is 12.5. The minimum absolute atomic E-state index is 0.151. The van der Waals surface area contributed by atoms with Crippen molar-refractivity contribution in [2.45, 2.75) is 66.1 Å². The molecule has 0 aliphatic carbocycles. The number of hydrogen-bond acceptors (Lipinski definition) is 4. The van der Waals surface area contributed by atoms with Crippen molar-refractivity contribution in [2.24, 2.45) is 0 Å². The molecule has 0 aliphatic rings. The number of carbonyl (C=O) groups excluding carboxylic acids is 2. The maximum atomic E-state index is 14.2. The number of benzene rings is 3. The molecule has 1 atom stereocenters. The lowest BCUT2D eigenvalue weighted by Gasteiger charge is -2.35. The fourth-order valence-electron chi connectivity index (χ4n) is 4.48. The Kier molecular flexibility index (Phi) is 9.79. The van der Waals surface area contributed by atoms with Crippen LogP contribution in [0.4, 0.5) is 5.69 Å². The standard InChI is InChI=1S/C32H41N3O4S/c1-23-14-17-27(18-15-23)21-34(29(31(37)33-32(4,5)6)20-26-11-9-8-10-12-26)30(36)22-35(40(7,38)39)28-19-24(2)13-16-25(28)3/h8-19,29H,20-22H2,1-7H3,(H,33,37)/t29-/m1/s1. The first-order valence-corrected chi connectivity index (χ1v) is 15.2. The van der Waals surface area contributed by atoms with Gasteiger partial charge in [0.2, 0.25) is 21.8 Å². The predicted octanol–water partition coefficient (Wildman–Crippen LogP) is 4.93. The van der Waals surface area contributed by atoms with Crippen molar-refractivity contribution >= 4 is 27.5 Å². The van der Waals surface area contributed by atoms with Crippen molar-refractivity contribution in [3.05, 3.63) is 101 Å². The first-order chi connectivity index (χ1) is 18.6. The molecule has 8 heteroatoms. The van der Waals surface area contributed by atoms with Gasteiger partial charge in [-0.2, -0.15) is 0 Å². The van der Waals surface area contributed by atoms with Crippen LogP contribution in [0.15, 0.2) is 72.8 Å². The number of nitrogens with zero attached hydrogens (tertiary/aromatic N) is 2. The smallest absolute Gasteiger partial charge is 0.244 e. The van der Waals surface area contributed by atoms with E-state index in [0.717, 1.165) is 38.4 Å². The van der Waals surface area contributed by atoms with E-state index in [1.807, 2.05) is 108 Å². The first kappa shape index (κ1) is 30.9. The molecular weight excluding hydrogens is 522 g/mol. The highest BCUT2D eigenvalue weighted by molar-refractivity contribution is 7.92. The van der Waals surface area contributed by atoms with Crippen LogP contribution in [0, 0.1) is 20.8 Å². The molecule has 0 aliphatic heterocycles. The van der Waals surface area contributed by atoms with E-state index in [0.29, 0.717) is 5.69 Å². The summed E-state index contributed by atoms with van der Waals surface area (Å²) in [4.78, 5) is 29.5. The Bertz CT molecular complexity index is 1430. The maximum Gasteiger partial charge on any atom is 0.244 e. The minimum atomic E-state index is -3.81. The summed E-state index contributed by atoms with van der Waals surface area (Å²) in [5, 5.41) is 3.04. The number of sulfonamides is 1. The number of hydrogen-bond donors (Lipinski definition) is 1. The maximum absolute atomic E-state index is 14.2. The summed E-state index contributed by atoms with van der Waals surface area (Å²) >= 11 is 0. The summed E-state index contributed by atoms with van der Waals surface area (Å²) in [5.41, 5.74) is 4.36. The highest BCUT2D eigenvalue weighted by atomic mass is 32.2. The van der Waals surface area contributed by atoms with E-state index in [4.69, 9.17) is 0 Å². The Morgan fingerprint density at radius 3 is 2.02 bits per heavy atom. The van der Waals surface area contributed by atoms with Crippen LogP contribution in [0.1, 0.15) is 48.6 Å². The molecule has 0 radical (unpaired) electrons. The fourth-order valence-corrected chi connectivity index (χ4v) is 5.38. The van der Waals surface area contributed by atoms with Crippen molar-refractivity contribution < 1.29 is 18.0 Å². The number of anilines is 1. The van der Waals surface area contributed by atoms with Gasteiger partial charge in [0.1, 0.15) is 12.6 Å². The van der Waals surface area contributed by atoms with Crippen molar-refractivity contribution in [1.29, 1.82) is 0 Å². The lowest BCUT2D eigenvalue weighted by Crippen LogP contribution is -2.56. The minimum Gasteiger partial charge on any atom is -0.350 e. The molecule has 0 bridgehead atoms. The Morgan fingerprint density at radius 2 is 1.45 bits per heavy atom. The van der Waals surface area contributed by atoms with E-state index in [9.17, 15) is 18.0 Å². The van der Waals surface area contributed by atoms with Crippen LogP contribution in [-0.4, -0.2) is 49.5 Å². The zero-order valence-electron chi connectivity index (χ0n) is 24.6. The molecule has 7 nitrogen and oxygen atoms in total. The van der Waals surface area contributed by atoms with Gasteiger partial charge in [-0.05, 0) is 69.9 Å². The van der Waals surface area contributed by atoms with Gasteiger partial charge in [0, 0.05) is 18.5 Å². The molecule has 0 heterocycles. The monoisotopic (exact) mass is 563 g/mol. The van der Waals surface area contributed by atoms with Gasteiger partial charge in [0.05, 0.1) is 11.9 Å². The van der Waals surface area contributed by atoms with Crippen molar-refractivity contribution in [3.8, 4) is 0 Å². The number of aryl methyl sites for hydroxylation is 3. The highest BCUT2D eigenvalue weighted by Gasteiger charge is 2.34. The molecule has 0 fully saturated rings. The van der Waals surface area contributed by atoms with E-state index in [2.05, 4.69) is 5.32 Å². The number of amides is 2. The molecule has 0 aromatic heterocycles. The zero-order chi connectivity index (χ0) is 29.7. The van der Waals surface area contributed by atoms with Gasteiger partial charge < -0.3 is 10.2 Å². The lowest BCUT2D eigenvalue weighted by molar-refractivity contribution is -0.140. The van der Waals surface area contributed by atoms with E-state index in [-0.39, 0.29) is 18.9 Å². The third-order valence-corrected chi connectivity index (χ3v) is 7.68. The largest absolute Gasteiger partial charge is 0.350 e. The summed E-state index contributed by atoms with van der Waals surface area (Å²) in [5.74, 6) is -0.758. The molecule has 3 aromatic rings. The Morgan fingerprint density at radius 1 is 0.850 bits per heavy atom. The topological polar surface area (TPSA) is 86.8 Å². The summed E-state index contributed by atoms with van der Waals surface area (Å²) in [6.07, 6.45) is 1.38. The molecule has 40 heavy (non-hydrogen) atoms. The molecule has 214 valence electrons. The van der Waals surface area contributed by atoms with Gasteiger partial charge in [-0.15, -0.1) is 0 Å². The summed E-state index contributed by atoms with van der Waals surface area (Å²) in [7, 11) is -3.81. The van der Waals surface area contributed by atoms with E-state index in [1.54, 1.807) is 6.07 Å². The van der Waals surface area contributed by atoms with Crippen molar-refractivity contribution in [2.75, 3.05) is 17.1 Å². The van der Waals surface area contributed by atoms with E-state index in [1.165, 1.54) is 4.90 Å². The predicted molar refractivity (Wildman–Crippen MR) is 162 cm³/mol. The second-order valence-corrected chi connectivity index (χ2v) is 13.4. The second kappa shape index (κ2) is 12.7. The Hall–Kier alpha value is -3.65. The summed E-state index contributed by atoms with van der Waals surface area (Å²) < 4.78 is 27.2. The SMILES string of the molecule is Cc1ccc(CN(C(=O)CN(c2cc(C)ccc2C)S(C)(=O)=O)[C@H](Cc2ccccc2)C(=O)NC(C)(C)C)cc1. The molecule has 0 spiro atoms. The number of carbonyl (C=O) groups is 2. The van der Waals surface area contributed by atoms with Gasteiger partial charge in [0.15, 0.2) is 0 Å². The van der Waals surface area contributed by atoms with Gasteiger partial charge in [-0.1, -0.05) is 72.3 Å². The lowest BCUT2D eigenvalue weighted by atomic mass is 10.0. The van der Waals surface area contributed by atoms with E-state index >= 15 is 0 Å². The third-order valence-electron chi connectivity index (χ3n) is 6.56. The second-order valence-electron chi connectivity index (χ2n) is 11.5. The van der Waals surface area contributed by atoms with Gasteiger partial charge in [-0.3, -0.25) is 13.9 Å². The zero-order valence-corrected chi connectivity index (χ0v) is 25.4. The van der Waals surface area contributed by atoms with Crippen LogP contribution < -0.4 is 9.62 Å². The summed E-state index contributed by atoms with van der Waals surface area (Å²) in [6.45, 7) is 11.1. The average Bonchev–Trinajstić information content (AvgIpc) is 2.86. The molecule has 0 saturated carbocycles. The van der Waals surface area contributed by atoms with Crippen molar-refractivity contribution in [1.82, 2.24) is 10.2 Å². The number of rotatable bonds is 10. The van der Waals surface area contributed by atoms with Gasteiger partial charge in [0.25, 0.3) is 0 Å². The summed E-state index contributed by atoms with van der Waals surface area (Å²) in [6, 6.07) is 21.9. The molecule has 3 aromatic carbocycles. The Labute approximate surface area is 239 Å². The highest BCUT2D eigenvalue weighted by Crippen LogP contribution is 2.25. The van der Waals surface area contributed by atoms with Crippen LogP contribution in [0.3, 0.4) is 0 Å². The number of nitrogens with one attached hydrogen (secondary N) is 1. The van der Waals surface area contributed by atoms with Gasteiger partial charge in [-0.25, -0.2) is 8.42 Å². The van der Waals surface area contributed by atoms with Crippen LogP contribution >= 0.6 is 0 Å². The van der Waals surface area contributed by atoms with E-state index < -0.39 is 34.1 Å². The molecule has 3 rings (SSSR count). The van der Waals surface area contributed by atoms with Crippen molar-refractivity contribution in [3.63, 3.8) is 0 Å². The van der Waals surface area contributed by atoms with Crippen LogP contribution in [0.2, 0.25) is 0 Å².